The number of aromatic nitrogens is 1. The Labute approximate surface area is 114 Å². The molecule has 0 amide bonds. The number of anilines is 1. The normalized spacial score (nSPS) is 25.2. The molecule has 19 heavy (non-hydrogen) atoms. The molecule has 106 valence electrons. The molecule has 1 aliphatic rings. The minimum absolute atomic E-state index is 0.00965. The minimum Gasteiger partial charge on any atom is -0.307 e. The predicted molar refractivity (Wildman–Crippen MR) is 73.8 cm³/mol. The van der Waals surface area contributed by atoms with Crippen LogP contribution in [0.15, 0.2) is 23.2 Å². The average Bonchev–Trinajstić information content (AvgIpc) is 2.41. The van der Waals surface area contributed by atoms with E-state index >= 15 is 0 Å². The summed E-state index contributed by atoms with van der Waals surface area (Å²) < 4.78 is 27.0. The second kappa shape index (κ2) is 5.44. The summed E-state index contributed by atoms with van der Waals surface area (Å²) in [6.45, 7) is 4.58. The maximum Gasteiger partial charge on any atom is 0.247 e. The van der Waals surface area contributed by atoms with Gasteiger partial charge in [0.1, 0.15) is 4.90 Å². The largest absolute Gasteiger partial charge is 0.307 e. The van der Waals surface area contributed by atoms with Crippen LogP contribution in [0.4, 0.5) is 5.82 Å². The van der Waals surface area contributed by atoms with Crippen LogP contribution in [0, 0.1) is 5.92 Å². The molecule has 0 radical (unpaired) electrons. The summed E-state index contributed by atoms with van der Waals surface area (Å²) in [5.41, 5.74) is 2.35. The fraction of sp³-hybridized carbons (Fsp3) is 0.583. The van der Waals surface area contributed by atoms with Gasteiger partial charge in [-0.15, -0.1) is 0 Å². The number of hydrogen-bond acceptors (Lipinski definition) is 5. The van der Waals surface area contributed by atoms with Crippen LogP contribution in [0.3, 0.4) is 0 Å². The first kappa shape index (κ1) is 14.2. The first-order valence-corrected chi connectivity index (χ1v) is 7.86. The molecule has 1 saturated heterocycles. The van der Waals surface area contributed by atoms with Gasteiger partial charge in [0.05, 0.1) is 0 Å². The fourth-order valence-corrected chi connectivity index (χ4v) is 4.34. The molecule has 0 saturated carbocycles. The Bertz CT molecular complexity index is 546. The van der Waals surface area contributed by atoms with Gasteiger partial charge in [0.15, 0.2) is 5.82 Å². The summed E-state index contributed by atoms with van der Waals surface area (Å²) in [5.74, 6) is 5.89. The molecule has 0 spiro atoms. The number of nitrogen functional groups attached to an aromatic ring is 1. The number of hydrazine groups is 1. The maximum atomic E-state index is 12.7. The van der Waals surface area contributed by atoms with E-state index in [9.17, 15) is 8.42 Å². The van der Waals surface area contributed by atoms with Crippen molar-refractivity contribution in [3.8, 4) is 0 Å². The molecule has 1 aromatic heterocycles. The highest BCUT2D eigenvalue weighted by molar-refractivity contribution is 7.89. The van der Waals surface area contributed by atoms with Gasteiger partial charge in [0.25, 0.3) is 0 Å². The average molecular weight is 284 g/mol. The van der Waals surface area contributed by atoms with Crippen molar-refractivity contribution in [1.82, 2.24) is 9.29 Å². The van der Waals surface area contributed by atoms with Gasteiger partial charge in [-0.2, -0.15) is 4.31 Å². The third-order valence-electron chi connectivity index (χ3n) is 3.81. The molecule has 3 N–H and O–H groups in total. The number of piperidine rings is 1. The fourth-order valence-electron chi connectivity index (χ4n) is 2.47. The Balaban J connectivity index is 2.42. The van der Waals surface area contributed by atoms with Crippen LogP contribution in [-0.4, -0.2) is 30.3 Å². The summed E-state index contributed by atoms with van der Waals surface area (Å²) >= 11 is 0. The molecule has 0 aromatic carbocycles. The van der Waals surface area contributed by atoms with E-state index in [1.165, 1.54) is 12.3 Å². The van der Waals surface area contributed by atoms with Crippen molar-refractivity contribution in [2.45, 2.75) is 37.6 Å². The molecular weight excluding hydrogens is 264 g/mol. The quantitative estimate of drug-likeness (QED) is 0.642. The summed E-state index contributed by atoms with van der Waals surface area (Å²) in [4.78, 5) is 4.10. The second-order valence-electron chi connectivity index (χ2n) is 4.97. The van der Waals surface area contributed by atoms with Gasteiger partial charge >= 0.3 is 0 Å². The van der Waals surface area contributed by atoms with E-state index in [2.05, 4.69) is 17.3 Å². The molecule has 2 heterocycles. The predicted octanol–water partition coefficient (Wildman–Crippen LogP) is 1.18. The first-order chi connectivity index (χ1) is 8.98. The van der Waals surface area contributed by atoms with Gasteiger partial charge < -0.3 is 5.43 Å². The third kappa shape index (κ3) is 2.58. The van der Waals surface area contributed by atoms with E-state index in [-0.39, 0.29) is 16.8 Å². The molecule has 1 fully saturated rings. The van der Waals surface area contributed by atoms with E-state index in [0.29, 0.717) is 12.5 Å². The van der Waals surface area contributed by atoms with E-state index in [1.807, 2.05) is 6.92 Å². The number of nitrogens with one attached hydrogen (secondary N) is 1. The first-order valence-electron chi connectivity index (χ1n) is 6.42. The highest BCUT2D eigenvalue weighted by atomic mass is 32.2. The van der Waals surface area contributed by atoms with Gasteiger partial charge in [-0.05, 0) is 37.8 Å². The zero-order valence-corrected chi connectivity index (χ0v) is 12.0. The van der Waals surface area contributed by atoms with Crippen molar-refractivity contribution in [1.29, 1.82) is 0 Å². The Morgan fingerprint density at radius 3 is 2.89 bits per heavy atom. The number of sulfonamides is 1. The third-order valence-corrected chi connectivity index (χ3v) is 5.83. The summed E-state index contributed by atoms with van der Waals surface area (Å²) in [7, 11) is -3.56. The van der Waals surface area contributed by atoms with Gasteiger partial charge in [-0.25, -0.2) is 19.2 Å². The number of nitrogens with two attached hydrogens (primary N) is 1. The van der Waals surface area contributed by atoms with E-state index in [0.717, 1.165) is 12.8 Å². The molecular formula is C12H20N4O2S. The van der Waals surface area contributed by atoms with Crippen molar-refractivity contribution >= 4 is 15.8 Å². The summed E-state index contributed by atoms with van der Waals surface area (Å²) in [5, 5.41) is 0. The lowest BCUT2D eigenvalue weighted by Crippen LogP contribution is -2.46. The highest BCUT2D eigenvalue weighted by Crippen LogP contribution is 2.30. The van der Waals surface area contributed by atoms with E-state index in [4.69, 9.17) is 5.84 Å². The number of nitrogens with zero attached hydrogens (tertiary/aromatic N) is 2. The number of rotatable bonds is 3. The van der Waals surface area contributed by atoms with Crippen LogP contribution in [0.25, 0.3) is 0 Å². The van der Waals surface area contributed by atoms with E-state index in [1.54, 1.807) is 10.4 Å². The van der Waals surface area contributed by atoms with E-state index < -0.39 is 10.0 Å². The topological polar surface area (TPSA) is 88.3 Å². The molecule has 1 aliphatic heterocycles. The molecule has 2 unspecified atom stereocenters. The van der Waals surface area contributed by atoms with Crippen molar-refractivity contribution in [2.75, 3.05) is 12.0 Å². The molecule has 7 heteroatoms. The molecule has 2 rings (SSSR count). The Morgan fingerprint density at radius 1 is 1.47 bits per heavy atom. The SMILES string of the molecule is CC1CCCN(S(=O)(=O)c2cccnc2NN)C1C. The van der Waals surface area contributed by atoms with Crippen molar-refractivity contribution in [2.24, 2.45) is 11.8 Å². The van der Waals surface area contributed by atoms with Crippen LogP contribution in [0.2, 0.25) is 0 Å². The van der Waals surface area contributed by atoms with Crippen LogP contribution in [0.5, 0.6) is 0 Å². The summed E-state index contributed by atoms with van der Waals surface area (Å²) in [6.07, 6.45) is 3.45. The molecule has 0 aliphatic carbocycles. The highest BCUT2D eigenvalue weighted by Gasteiger charge is 2.35. The standard InChI is InChI=1S/C12H20N4O2S/c1-9-5-4-8-16(10(9)2)19(17,18)11-6-3-7-14-12(11)15-13/h3,6-7,9-10H,4-5,8,13H2,1-2H3,(H,14,15). The lowest BCUT2D eigenvalue weighted by Gasteiger charge is -2.36. The van der Waals surface area contributed by atoms with Crippen molar-refractivity contribution in [3.63, 3.8) is 0 Å². The van der Waals surface area contributed by atoms with Crippen molar-refractivity contribution < 1.29 is 8.42 Å². The van der Waals surface area contributed by atoms with Crippen LogP contribution >= 0.6 is 0 Å². The molecule has 2 atom stereocenters. The zero-order valence-electron chi connectivity index (χ0n) is 11.2. The molecule has 1 aromatic rings. The smallest absolute Gasteiger partial charge is 0.247 e. The van der Waals surface area contributed by atoms with Crippen LogP contribution in [-0.2, 0) is 10.0 Å². The molecule has 6 nitrogen and oxygen atoms in total. The lowest BCUT2D eigenvalue weighted by molar-refractivity contribution is 0.202. The summed E-state index contributed by atoms with van der Waals surface area (Å²) in [6, 6.07) is 3.12. The van der Waals surface area contributed by atoms with Gasteiger partial charge in [-0.1, -0.05) is 6.92 Å². The van der Waals surface area contributed by atoms with Crippen LogP contribution < -0.4 is 11.3 Å². The minimum atomic E-state index is -3.56. The van der Waals surface area contributed by atoms with Gasteiger partial charge in [0.2, 0.25) is 10.0 Å². The molecule has 0 bridgehead atoms. The number of pyridine rings is 1. The maximum absolute atomic E-state index is 12.7. The Morgan fingerprint density at radius 2 is 2.21 bits per heavy atom. The van der Waals surface area contributed by atoms with Crippen LogP contribution in [0.1, 0.15) is 26.7 Å². The number of hydrogen-bond donors (Lipinski definition) is 2. The van der Waals surface area contributed by atoms with Crippen molar-refractivity contribution in [3.05, 3.63) is 18.3 Å². The Hall–Kier alpha value is -1.18. The van der Waals surface area contributed by atoms with Gasteiger partial charge in [-0.3, -0.25) is 0 Å². The van der Waals surface area contributed by atoms with Gasteiger partial charge in [0, 0.05) is 18.8 Å². The Kier molecular flexibility index (Phi) is 4.07. The zero-order chi connectivity index (χ0) is 14.0. The second-order valence-corrected chi connectivity index (χ2v) is 6.83. The monoisotopic (exact) mass is 284 g/mol. The lowest BCUT2D eigenvalue weighted by atomic mass is 9.94.